The number of benzene rings is 3. The van der Waals surface area contributed by atoms with E-state index in [1.165, 1.54) is 22.8 Å². The van der Waals surface area contributed by atoms with Gasteiger partial charge in [-0.3, -0.25) is 0 Å². The Labute approximate surface area is 140 Å². The summed E-state index contributed by atoms with van der Waals surface area (Å²) in [6.07, 6.45) is 0.796. The summed E-state index contributed by atoms with van der Waals surface area (Å²) in [5.74, 6) is -0.192. The second-order valence-corrected chi connectivity index (χ2v) is 6.16. The van der Waals surface area contributed by atoms with Crippen molar-refractivity contribution in [3.8, 4) is 11.1 Å². The van der Waals surface area contributed by atoms with Gasteiger partial charge in [0.05, 0.1) is 0 Å². The number of aromatic nitrogens is 1. The molecule has 0 saturated carbocycles. The Morgan fingerprint density at radius 2 is 1.54 bits per heavy atom. The van der Waals surface area contributed by atoms with Crippen LogP contribution in [-0.4, -0.2) is 4.98 Å². The van der Waals surface area contributed by atoms with E-state index in [4.69, 9.17) is 0 Å². The van der Waals surface area contributed by atoms with Crippen LogP contribution >= 0.6 is 0 Å². The van der Waals surface area contributed by atoms with E-state index in [-0.39, 0.29) is 5.82 Å². The molecule has 0 bridgehead atoms. The van der Waals surface area contributed by atoms with Crippen LogP contribution in [-0.2, 0) is 6.42 Å². The summed E-state index contributed by atoms with van der Waals surface area (Å²) in [4.78, 5) is 3.35. The Hall–Kier alpha value is -2.87. The molecule has 1 N–H and O–H groups in total. The fourth-order valence-corrected chi connectivity index (χ4v) is 3.23. The molecule has 3 aromatic carbocycles. The highest BCUT2D eigenvalue weighted by Crippen LogP contribution is 2.26. The van der Waals surface area contributed by atoms with Crippen LogP contribution < -0.4 is 0 Å². The van der Waals surface area contributed by atoms with Gasteiger partial charge in [0.25, 0.3) is 0 Å². The summed E-state index contributed by atoms with van der Waals surface area (Å²) in [6.45, 7) is 2.05. The van der Waals surface area contributed by atoms with Crippen molar-refractivity contribution in [3.63, 3.8) is 0 Å². The Kier molecular flexibility index (Phi) is 3.66. The lowest BCUT2D eigenvalue weighted by Crippen LogP contribution is -1.90. The van der Waals surface area contributed by atoms with Crippen LogP contribution in [0, 0.1) is 12.7 Å². The standard InChI is InChI=1S/C22H18FN/c1-15-20(21-14-19(23)11-12-22(21)24-15)13-16-7-9-18(10-8-16)17-5-3-2-4-6-17/h2-12,14,24H,13H2,1H3. The van der Waals surface area contributed by atoms with Crippen molar-refractivity contribution < 1.29 is 4.39 Å². The number of rotatable bonds is 3. The maximum absolute atomic E-state index is 13.6. The van der Waals surface area contributed by atoms with Gasteiger partial charge < -0.3 is 4.98 Å². The molecule has 4 aromatic rings. The van der Waals surface area contributed by atoms with Crippen LogP contribution in [0.1, 0.15) is 16.8 Å². The van der Waals surface area contributed by atoms with E-state index < -0.39 is 0 Å². The SMILES string of the molecule is Cc1[nH]c2ccc(F)cc2c1Cc1ccc(-c2ccccc2)cc1. The van der Waals surface area contributed by atoms with Crippen molar-refractivity contribution in [1.82, 2.24) is 4.98 Å². The van der Waals surface area contributed by atoms with E-state index in [0.717, 1.165) is 28.6 Å². The van der Waals surface area contributed by atoms with Crippen LogP contribution in [0.5, 0.6) is 0 Å². The van der Waals surface area contributed by atoms with Crippen LogP contribution in [0.25, 0.3) is 22.0 Å². The molecular formula is C22H18FN. The molecule has 0 fully saturated rings. The van der Waals surface area contributed by atoms with Crippen molar-refractivity contribution in [1.29, 1.82) is 0 Å². The molecule has 0 atom stereocenters. The fourth-order valence-electron chi connectivity index (χ4n) is 3.23. The minimum Gasteiger partial charge on any atom is -0.358 e. The summed E-state index contributed by atoms with van der Waals surface area (Å²) in [6, 6.07) is 23.9. The molecule has 1 aromatic heterocycles. The zero-order valence-electron chi connectivity index (χ0n) is 13.5. The van der Waals surface area contributed by atoms with Crippen LogP contribution in [0.15, 0.2) is 72.8 Å². The first-order valence-electron chi connectivity index (χ1n) is 8.12. The molecular weight excluding hydrogens is 297 g/mol. The Morgan fingerprint density at radius 3 is 2.29 bits per heavy atom. The minimum atomic E-state index is -0.192. The number of aryl methyl sites for hydroxylation is 1. The number of hydrogen-bond donors (Lipinski definition) is 1. The lowest BCUT2D eigenvalue weighted by atomic mass is 9.99. The minimum absolute atomic E-state index is 0.192. The summed E-state index contributed by atoms with van der Waals surface area (Å²) in [5, 5.41) is 0.972. The number of aromatic amines is 1. The van der Waals surface area contributed by atoms with Gasteiger partial charge in [0.15, 0.2) is 0 Å². The maximum atomic E-state index is 13.6. The molecule has 0 aliphatic heterocycles. The fraction of sp³-hybridized carbons (Fsp3) is 0.0909. The highest BCUT2D eigenvalue weighted by atomic mass is 19.1. The van der Waals surface area contributed by atoms with Gasteiger partial charge in [0.1, 0.15) is 5.82 Å². The van der Waals surface area contributed by atoms with E-state index in [2.05, 4.69) is 41.4 Å². The van der Waals surface area contributed by atoms with Crippen LogP contribution in [0.3, 0.4) is 0 Å². The van der Waals surface area contributed by atoms with E-state index in [9.17, 15) is 4.39 Å². The summed E-state index contributed by atoms with van der Waals surface area (Å²) in [7, 11) is 0. The lowest BCUT2D eigenvalue weighted by molar-refractivity contribution is 0.629. The average Bonchev–Trinajstić information content (AvgIpc) is 2.92. The first-order chi connectivity index (χ1) is 11.7. The Bertz CT molecular complexity index is 982. The predicted octanol–water partition coefficient (Wildman–Crippen LogP) is 5.87. The van der Waals surface area contributed by atoms with Gasteiger partial charge in [0.2, 0.25) is 0 Å². The van der Waals surface area contributed by atoms with Gasteiger partial charge in [-0.25, -0.2) is 4.39 Å². The molecule has 24 heavy (non-hydrogen) atoms. The molecule has 0 radical (unpaired) electrons. The zero-order chi connectivity index (χ0) is 16.5. The number of halogens is 1. The molecule has 1 heterocycles. The number of nitrogens with one attached hydrogen (secondary N) is 1. The summed E-state index contributed by atoms with van der Waals surface area (Å²) >= 11 is 0. The molecule has 0 amide bonds. The molecule has 118 valence electrons. The quantitative estimate of drug-likeness (QED) is 0.486. The van der Waals surface area contributed by atoms with Crippen LogP contribution in [0.2, 0.25) is 0 Å². The third-order valence-electron chi connectivity index (χ3n) is 4.52. The van der Waals surface area contributed by atoms with Gasteiger partial charge in [-0.05, 0) is 53.8 Å². The largest absolute Gasteiger partial charge is 0.358 e. The first-order valence-corrected chi connectivity index (χ1v) is 8.12. The van der Waals surface area contributed by atoms with Gasteiger partial charge in [-0.2, -0.15) is 0 Å². The molecule has 0 saturated heterocycles. The van der Waals surface area contributed by atoms with Gasteiger partial charge in [-0.15, -0.1) is 0 Å². The highest BCUT2D eigenvalue weighted by Gasteiger charge is 2.10. The number of hydrogen-bond acceptors (Lipinski definition) is 0. The van der Waals surface area contributed by atoms with Crippen molar-refractivity contribution in [2.45, 2.75) is 13.3 Å². The maximum Gasteiger partial charge on any atom is 0.123 e. The molecule has 2 heteroatoms. The van der Waals surface area contributed by atoms with Crippen molar-refractivity contribution >= 4 is 10.9 Å². The first kappa shape index (κ1) is 14.7. The van der Waals surface area contributed by atoms with Crippen molar-refractivity contribution in [2.75, 3.05) is 0 Å². The van der Waals surface area contributed by atoms with Crippen molar-refractivity contribution in [2.24, 2.45) is 0 Å². The molecule has 1 nitrogen and oxygen atoms in total. The topological polar surface area (TPSA) is 15.8 Å². The Morgan fingerprint density at radius 1 is 0.833 bits per heavy atom. The normalized spacial score (nSPS) is 11.1. The number of fused-ring (bicyclic) bond motifs is 1. The molecule has 4 rings (SSSR count). The van der Waals surface area contributed by atoms with E-state index in [0.29, 0.717) is 0 Å². The second-order valence-electron chi connectivity index (χ2n) is 6.16. The molecule has 0 unspecified atom stereocenters. The van der Waals surface area contributed by atoms with Gasteiger partial charge in [-0.1, -0.05) is 54.6 Å². The van der Waals surface area contributed by atoms with E-state index in [1.54, 1.807) is 12.1 Å². The predicted molar refractivity (Wildman–Crippen MR) is 97.7 cm³/mol. The van der Waals surface area contributed by atoms with E-state index in [1.807, 2.05) is 25.1 Å². The summed E-state index contributed by atoms with van der Waals surface area (Å²) < 4.78 is 13.6. The smallest absolute Gasteiger partial charge is 0.123 e. The highest BCUT2D eigenvalue weighted by molar-refractivity contribution is 5.85. The lowest BCUT2D eigenvalue weighted by Gasteiger charge is -2.06. The van der Waals surface area contributed by atoms with Crippen molar-refractivity contribution in [3.05, 3.63) is 95.4 Å². The average molecular weight is 315 g/mol. The third kappa shape index (κ3) is 2.71. The molecule has 0 aliphatic carbocycles. The third-order valence-corrected chi connectivity index (χ3v) is 4.52. The zero-order valence-corrected chi connectivity index (χ0v) is 13.5. The number of H-pyrrole nitrogens is 1. The van der Waals surface area contributed by atoms with Gasteiger partial charge in [0, 0.05) is 16.6 Å². The van der Waals surface area contributed by atoms with E-state index >= 15 is 0 Å². The summed E-state index contributed by atoms with van der Waals surface area (Å²) in [5.41, 5.74) is 6.91. The van der Waals surface area contributed by atoms with Crippen LogP contribution in [0.4, 0.5) is 4.39 Å². The second kappa shape index (κ2) is 5.97. The van der Waals surface area contributed by atoms with Gasteiger partial charge >= 0.3 is 0 Å². The Balaban J connectivity index is 1.66. The monoisotopic (exact) mass is 315 g/mol. The molecule has 0 spiro atoms. The molecule has 0 aliphatic rings.